The lowest BCUT2D eigenvalue weighted by Crippen LogP contribution is -2.51. The topological polar surface area (TPSA) is 90.5 Å². The third kappa shape index (κ3) is 9.33. The van der Waals surface area contributed by atoms with E-state index in [1.807, 2.05) is 32.9 Å². The van der Waals surface area contributed by atoms with Gasteiger partial charge in [-0.15, -0.1) is 0 Å². The number of aryl methyl sites for hydroxylation is 2. The molecule has 192 valence electrons. The quantitative estimate of drug-likeness (QED) is 0.361. The molecule has 0 bridgehead atoms. The van der Waals surface area contributed by atoms with Gasteiger partial charge < -0.3 is 21.1 Å². The zero-order valence-electron chi connectivity index (χ0n) is 20.3. The number of halogens is 3. The molecule has 4 N–H and O–H groups in total. The molecule has 0 fully saturated rings. The van der Waals surface area contributed by atoms with Gasteiger partial charge in [0.25, 0.3) is 5.91 Å². The van der Waals surface area contributed by atoms with Crippen LogP contribution in [0.3, 0.4) is 0 Å². The molecule has 6 nitrogen and oxygen atoms in total. The summed E-state index contributed by atoms with van der Waals surface area (Å²) in [6, 6.07) is 9.54. The normalized spacial score (nSPS) is 13.2. The Hall–Kier alpha value is -2.91. The zero-order valence-corrected chi connectivity index (χ0v) is 20.3. The molecule has 9 heteroatoms. The molecule has 0 aliphatic carbocycles. The van der Waals surface area contributed by atoms with Gasteiger partial charge in [0.15, 0.2) is 0 Å². The number of carbonyl (C=O) groups excluding carboxylic acids is 2. The highest BCUT2D eigenvalue weighted by Gasteiger charge is 2.31. The molecule has 35 heavy (non-hydrogen) atoms. The van der Waals surface area contributed by atoms with Crippen LogP contribution in [0.1, 0.15) is 58.8 Å². The van der Waals surface area contributed by atoms with E-state index in [1.165, 1.54) is 11.6 Å². The summed E-state index contributed by atoms with van der Waals surface area (Å²) in [5.74, 6) is -1.33. The molecule has 0 aromatic heterocycles. The molecule has 0 saturated carbocycles. The fourth-order valence-electron chi connectivity index (χ4n) is 3.66. The second kappa shape index (κ2) is 13.3. The first kappa shape index (κ1) is 28.3. The van der Waals surface area contributed by atoms with E-state index in [4.69, 9.17) is 0 Å². The number of alkyl halides is 3. The van der Waals surface area contributed by atoms with Crippen molar-refractivity contribution in [2.75, 3.05) is 13.1 Å². The van der Waals surface area contributed by atoms with Crippen molar-refractivity contribution in [2.45, 2.75) is 64.9 Å². The lowest BCUT2D eigenvalue weighted by molar-refractivity contribution is -0.137. The molecule has 2 aromatic rings. The van der Waals surface area contributed by atoms with E-state index < -0.39 is 42.2 Å². The summed E-state index contributed by atoms with van der Waals surface area (Å²) >= 11 is 0. The fraction of sp³-hybridized carbons (Fsp3) is 0.462. The van der Waals surface area contributed by atoms with Crippen LogP contribution in [-0.2, 0) is 17.5 Å². The Balaban J connectivity index is 1.94. The second-order valence-electron chi connectivity index (χ2n) is 8.71. The SMILES string of the molecule is CCCC[C@H](O)[C@H](CNCc1ccc(C)cc1C)NC(=O)CNC(=O)c1cccc(C(F)(F)F)c1. The predicted octanol–water partition coefficient (Wildman–Crippen LogP) is 3.88. The largest absolute Gasteiger partial charge is 0.416 e. The van der Waals surface area contributed by atoms with Gasteiger partial charge >= 0.3 is 6.18 Å². The number of nitrogens with one attached hydrogen (secondary N) is 3. The Kier molecular flexibility index (Phi) is 10.7. The lowest BCUT2D eigenvalue weighted by Gasteiger charge is -2.25. The molecule has 2 aromatic carbocycles. The molecular formula is C26H34F3N3O3. The van der Waals surface area contributed by atoms with E-state index >= 15 is 0 Å². The molecule has 0 radical (unpaired) electrons. The summed E-state index contributed by atoms with van der Waals surface area (Å²) in [6.07, 6.45) is -3.18. The molecule has 0 spiro atoms. The lowest BCUT2D eigenvalue weighted by atomic mass is 10.0. The van der Waals surface area contributed by atoms with Gasteiger partial charge in [-0.2, -0.15) is 13.2 Å². The number of aliphatic hydroxyl groups is 1. The number of unbranched alkanes of at least 4 members (excludes halogenated alkanes) is 1. The zero-order chi connectivity index (χ0) is 26.0. The molecule has 2 rings (SSSR count). The number of hydrogen-bond donors (Lipinski definition) is 4. The summed E-state index contributed by atoms with van der Waals surface area (Å²) in [5.41, 5.74) is 2.28. The van der Waals surface area contributed by atoms with Gasteiger partial charge in [-0.25, -0.2) is 0 Å². The molecule has 0 unspecified atom stereocenters. The maximum absolute atomic E-state index is 12.9. The van der Waals surface area contributed by atoms with Gasteiger partial charge in [-0.1, -0.05) is 49.6 Å². The van der Waals surface area contributed by atoms with Crippen molar-refractivity contribution in [1.82, 2.24) is 16.0 Å². The smallest absolute Gasteiger partial charge is 0.391 e. The fourth-order valence-corrected chi connectivity index (χ4v) is 3.66. The van der Waals surface area contributed by atoms with Gasteiger partial charge in [-0.3, -0.25) is 9.59 Å². The van der Waals surface area contributed by atoms with Crippen LogP contribution < -0.4 is 16.0 Å². The number of aliphatic hydroxyl groups excluding tert-OH is 1. The Morgan fingerprint density at radius 2 is 1.83 bits per heavy atom. The van der Waals surface area contributed by atoms with Crippen molar-refractivity contribution < 1.29 is 27.9 Å². The molecule has 0 saturated heterocycles. The van der Waals surface area contributed by atoms with Crippen LogP contribution in [-0.4, -0.2) is 42.2 Å². The molecule has 2 amide bonds. The summed E-state index contributed by atoms with van der Waals surface area (Å²) in [4.78, 5) is 24.7. The monoisotopic (exact) mass is 493 g/mol. The average Bonchev–Trinajstić information content (AvgIpc) is 2.81. The minimum atomic E-state index is -4.57. The van der Waals surface area contributed by atoms with Crippen LogP contribution in [0.4, 0.5) is 13.2 Å². The summed E-state index contributed by atoms with van der Waals surface area (Å²) in [7, 11) is 0. The first-order chi connectivity index (χ1) is 16.5. The van der Waals surface area contributed by atoms with Crippen molar-refractivity contribution in [2.24, 2.45) is 0 Å². The maximum Gasteiger partial charge on any atom is 0.416 e. The van der Waals surface area contributed by atoms with Gasteiger partial charge in [0.05, 0.1) is 24.3 Å². The number of carbonyl (C=O) groups is 2. The van der Waals surface area contributed by atoms with E-state index in [0.29, 0.717) is 19.5 Å². The van der Waals surface area contributed by atoms with Gasteiger partial charge in [0.2, 0.25) is 5.91 Å². The third-order valence-electron chi connectivity index (χ3n) is 5.70. The van der Waals surface area contributed by atoms with Gasteiger partial charge in [0.1, 0.15) is 0 Å². The number of rotatable bonds is 12. The van der Waals surface area contributed by atoms with Crippen LogP contribution in [0.2, 0.25) is 0 Å². The number of hydrogen-bond acceptors (Lipinski definition) is 4. The number of benzene rings is 2. The van der Waals surface area contributed by atoms with E-state index in [9.17, 15) is 27.9 Å². The van der Waals surface area contributed by atoms with E-state index in [2.05, 4.69) is 22.0 Å². The highest BCUT2D eigenvalue weighted by Crippen LogP contribution is 2.29. The Bertz CT molecular complexity index is 995. The molecular weight excluding hydrogens is 459 g/mol. The van der Waals surface area contributed by atoms with Crippen molar-refractivity contribution >= 4 is 11.8 Å². The van der Waals surface area contributed by atoms with Gasteiger partial charge in [-0.05, 0) is 49.6 Å². The van der Waals surface area contributed by atoms with Crippen LogP contribution in [0.15, 0.2) is 42.5 Å². The maximum atomic E-state index is 12.9. The predicted molar refractivity (Wildman–Crippen MR) is 129 cm³/mol. The molecule has 0 aliphatic heterocycles. The Morgan fingerprint density at radius 3 is 2.49 bits per heavy atom. The third-order valence-corrected chi connectivity index (χ3v) is 5.70. The number of amides is 2. The van der Waals surface area contributed by atoms with Crippen molar-refractivity contribution in [3.05, 3.63) is 70.3 Å². The Morgan fingerprint density at radius 1 is 1.09 bits per heavy atom. The van der Waals surface area contributed by atoms with Crippen molar-refractivity contribution in [1.29, 1.82) is 0 Å². The van der Waals surface area contributed by atoms with E-state index in [0.717, 1.165) is 42.2 Å². The van der Waals surface area contributed by atoms with Crippen LogP contribution in [0.25, 0.3) is 0 Å². The highest BCUT2D eigenvalue weighted by molar-refractivity contribution is 5.96. The van der Waals surface area contributed by atoms with Crippen molar-refractivity contribution in [3.63, 3.8) is 0 Å². The summed E-state index contributed by atoms with van der Waals surface area (Å²) in [6.45, 7) is 6.49. The first-order valence-corrected chi connectivity index (χ1v) is 11.7. The minimum Gasteiger partial charge on any atom is -0.391 e. The van der Waals surface area contributed by atoms with Gasteiger partial charge in [0, 0.05) is 18.7 Å². The summed E-state index contributed by atoms with van der Waals surface area (Å²) < 4.78 is 38.6. The summed E-state index contributed by atoms with van der Waals surface area (Å²) in [5, 5.41) is 18.9. The van der Waals surface area contributed by atoms with E-state index in [-0.39, 0.29) is 5.56 Å². The Labute approximate surface area is 204 Å². The minimum absolute atomic E-state index is 0.192. The molecule has 0 aliphatic rings. The van der Waals surface area contributed by atoms with E-state index in [1.54, 1.807) is 0 Å². The van der Waals surface area contributed by atoms with Crippen LogP contribution in [0, 0.1) is 13.8 Å². The average molecular weight is 494 g/mol. The standard InChI is InChI=1S/C26H34F3N3O3/c1-4-5-9-23(33)22(15-30-14-20-11-10-17(2)12-18(20)3)32-24(34)16-31-25(35)19-7-6-8-21(13-19)26(27,28)29/h6-8,10-13,22-23,30,33H,4-5,9,14-16H2,1-3H3,(H,31,35)(H,32,34)/t22-,23-/m0/s1. The highest BCUT2D eigenvalue weighted by atomic mass is 19.4. The second-order valence-corrected chi connectivity index (χ2v) is 8.71. The molecule has 0 heterocycles. The molecule has 2 atom stereocenters. The van der Waals surface area contributed by atoms with Crippen molar-refractivity contribution in [3.8, 4) is 0 Å². The first-order valence-electron chi connectivity index (χ1n) is 11.7. The van der Waals surface area contributed by atoms with Crippen LogP contribution >= 0.6 is 0 Å². The van der Waals surface area contributed by atoms with Crippen LogP contribution in [0.5, 0.6) is 0 Å².